The lowest BCUT2D eigenvalue weighted by molar-refractivity contribution is 0.0471. The molecule has 2 aromatic carbocycles. The van der Waals surface area contributed by atoms with Crippen molar-refractivity contribution in [2.45, 2.75) is 6.10 Å². The third-order valence-electron chi connectivity index (χ3n) is 2.64. The Hall–Kier alpha value is -1.80. The van der Waals surface area contributed by atoms with Crippen LogP contribution in [0, 0.1) is 0 Å². The van der Waals surface area contributed by atoms with Crippen LogP contribution in [0.4, 0.5) is 0 Å². The van der Waals surface area contributed by atoms with Crippen molar-refractivity contribution in [3.05, 3.63) is 60.3 Å². The zero-order valence-electron chi connectivity index (χ0n) is 8.18. The Bertz CT molecular complexity index is 519. The summed E-state index contributed by atoms with van der Waals surface area (Å²) in [4.78, 5) is 5.33. The van der Waals surface area contributed by atoms with Crippen LogP contribution in [0.2, 0.25) is 0 Å². The van der Waals surface area contributed by atoms with Gasteiger partial charge in [-0.25, -0.2) is 0 Å². The van der Waals surface area contributed by atoms with E-state index in [2.05, 4.69) is 47.9 Å². The molecular weight excluding hydrogens is 186 g/mol. The second-order valence-electron chi connectivity index (χ2n) is 3.62. The van der Waals surface area contributed by atoms with Gasteiger partial charge in [-0.15, -0.1) is 0 Å². The highest BCUT2D eigenvalue weighted by atomic mass is 16.7. The number of fused-ring (bicyclic) bond motifs is 1. The first-order chi connectivity index (χ1) is 7.43. The highest BCUT2D eigenvalue weighted by Gasteiger charge is 2.12. The summed E-state index contributed by atoms with van der Waals surface area (Å²) in [6.45, 7) is 0. The lowest BCUT2D eigenvalue weighted by Gasteiger charge is -2.08. The SMILES string of the molecule is C1=CC(c2ccc3ccccc3c2)ON1. The number of nitrogens with one attached hydrogen (secondary N) is 1. The van der Waals surface area contributed by atoms with Crippen LogP contribution in [-0.4, -0.2) is 0 Å². The molecule has 0 aliphatic carbocycles. The van der Waals surface area contributed by atoms with E-state index in [9.17, 15) is 0 Å². The van der Waals surface area contributed by atoms with E-state index < -0.39 is 0 Å². The van der Waals surface area contributed by atoms with Gasteiger partial charge in [-0.05, 0) is 28.5 Å². The standard InChI is InChI=1S/C13H11NO/c1-2-4-11-9-12(6-5-10(11)3-1)13-7-8-14-15-13/h1-9,13-14H. The van der Waals surface area contributed by atoms with Crippen molar-refractivity contribution in [1.82, 2.24) is 5.48 Å². The van der Waals surface area contributed by atoms with Crippen molar-refractivity contribution < 1.29 is 4.84 Å². The summed E-state index contributed by atoms with van der Waals surface area (Å²) in [7, 11) is 0. The fourth-order valence-electron chi connectivity index (χ4n) is 1.84. The second kappa shape index (κ2) is 3.41. The van der Waals surface area contributed by atoms with Gasteiger partial charge in [0, 0.05) is 6.20 Å². The smallest absolute Gasteiger partial charge is 0.130 e. The van der Waals surface area contributed by atoms with E-state index in [0.717, 1.165) is 0 Å². The van der Waals surface area contributed by atoms with E-state index in [4.69, 9.17) is 4.84 Å². The van der Waals surface area contributed by atoms with Gasteiger partial charge in [-0.3, -0.25) is 10.3 Å². The number of hydroxylamine groups is 1. The van der Waals surface area contributed by atoms with Crippen LogP contribution < -0.4 is 5.48 Å². The molecule has 0 saturated carbocycles. The Morgan fingerprint density at radius 1 is 1.00 bits per heavy atom. The van der Waals surface area contributed by atoms with Crippen molar-refractivity contribution in [1.29, 1.82) is 0 Å². The number of hydrogen-bond donors (Lipinski definition) is 1. The topological polar surface area (TPSA) is 21.3 Å². The monoisotopic (exact) mass is 197 g/mol. The minimum absolute atomic E-state index is 0.0367. The van der Waals surface area contributed by atoms with E-state index in [1.54, 1.807) is 0 Å². The molecule has 0 spiro atoms. The van der Waals surface area contributed by atoms with E-state index in [0.29, 0.717) is 0 Å². The lowest BCUT2D eigenvalue weighted by Crippen LogP contribution is -2.03. The first kappa shape index (κ1) is 8.50. The van der Waals surface area contributed by atoms with Gasteiger partial charge in [-0.2, -0.15) is 0 Å². The molecule has 0 saturated heterocycles. The Morgan fingerprint density at radius 2 is 1.87 bits per heavy atom. The molecule has 2 heteroatoms. The lowest BCUT2D eigenvalue weighted by atomic mass is 10.0. The molecule has 0 aromatic heterocycles. The fraction of sp³-hybridized carbons (Fsp3) is 0.0769. The van der Waals surface area contributed by atoms with Crippen molar-refractivity contribution in [2.75, 3.05) is 0 Å². The van der Waals surface area contributed by atoms with Gasteiger partial charge in [0.05, 0.1) is 0 Å². The van der Waals surface area contributed by atoms with Crippen molar-refractivity contribution in [3.8, 4) is 0 Å². The predicted octanol–water partition coefficient (Wildman–Crippen LogP) is 2.93. The zero-order valence-corrected chi connectivity index (χ0v) is 8.18. The molecule has 0 amide bonds. The molecular formula is C13H11NO. The molecule has 1 aliphatic rings. The first-order valence-corrected chi connectivity index (χ1v) is 5.00. The van der Waals surface area contributed by atoms with Crippen LogP contribution >= 0.6 is 0 Å². The number of benzene rings is 2. The van der Waals surface area contributed by atoms with Crippen LogP contribution in [0.3, 0.4) is 0 Å². The quantitative estimate of drug-likeness (QED) is 0.759. The van der Waals surface area contributed by atoms with Crippen LogP contribution in [0.25, 0.3) is 10.8 Å². The average molecular weight is 197 g/mol. The molecule has 1 aliphatic heterocycles. The van der Waals surface area contributed by atoms with Crippen molar-refractivity contribution in [2.24, 2.45) is 0 Å². The third kappa shape index (κ3) is 1.49. The van der Waals surface area contributed by atoms with Gasteiger partial charge in [-0.1, -0.05) is 36.4 Å². The maximum Gasteiger partial charge on any atom is 0.130 e. The predicted molar refractivity (Wildman–Crippen MR) is 60.0 cm³/mol. The maximum absolute atomic E-state index is 5.33. The normalized spacial score (nSPS) is 19.3. The highest BCUT2D eigenvalue weighted by molar-refractivity contribution is 5.83. The van der Waals surface area contributed by atoms with Gasteiger partial charge >= 0.3 is 0 Å². The Morgan fingerprint density at radius 3 is 2.67 bits per heavy atom. The van der Waals surface area contributed by atoms with Crippen LogP contribution in [0.5, 0.6) is 0 Å². The molecule has 1 unspecified atom stereocenters. The first-order valence-electron chi connectivity index (χ1n) is 5.00. The summed E-state index contributed by atoms with van der Waals surface area (Å²) in [5, 5.41) is 2.51. The van der Waals surface area contributed by atoms with Crippen LogP contribution in [0.1, 0.15) is 11.7 Å². The summed E-state index contributed by atoms with van der Waals surface area (Å²) in [5.74, 6) is 0. The minimum Gasteiger partial charge on any atom is -0.274 e. The van der Waals surface area contributed by atoms with Gasteiger partial charge in [0.25, 0.3) is 0 Å². The molecule has 0 fully saturated rings. The van der Waals surface area contributed by atoms with E-state index in [1.807, 2.05) is 12.3 Å². The average Bonchev–Trinajstić information content (AvgIpc) is 2.82. The van der Waals surface area contributed by atoms with Gasteiger partial charge in [0.15, 0.2) is 0 Å². The minimum atomic E-state index is 0.0367. The highest BCUT2D eigenvalue weighted by Crippen LogP contribution is 2.24. The fourth-order valence-corrected chi connectivity index (χ4v) is 1.84. The van der Waals surface area contributed by atoms with Gasteiger partial charge in [0.2, 0.25) is 0 Å². The Labute approximate surface area is 88.1 Å². The summed E-state index contributed by atoms with van der Waals surface area (Å²) in [6, 6.07) is 14.7. The summed E-state index contributed by atoms with van der Waals surface area (Å²) in [5.41, 5.74) is 3.91. The molecule has 1 atom stereocenters. The van der Waals surface area contributed by atoms with Crippen molar-refractivity contribution >= 4 is 10.8 Å². The Balaban J connectivity index is 2.09. The van der Waals surface area contributed by atoms with E-state index >= 15 is 0 Å². The molecule has 2 aromatic rings. The molecule has 1 N–H and O–H groups in total. The van der Waals surface area contributed by atoms with Crippen molar-refractivity contribution in [3.63, 3.8) is 0 Å². The molecule has 0 bridgehead atoms. The van der Waals surface area contributed by atoms with Crippen LogP contribution in [-0.2, 0) is 4.84 Å². The molecule has 0 radical (unpaired) electrons. The maximum atomic E-state index is 5.33. The summed E-state index contributed by atoms with van der Waals surface area (Å²) >= 11 is 0. The summed E-state index contributed by atoms with van der Waals surface area (Å²) in [6.07, 6.45) is 3.86. The van der Waals surface area contributed by atoms with Gasteiger partial charge in [0.1, 0.15) is 6.10 Å². The summed E-state index contributed by atoms with van der Waals surface area (Å²) < 4.78 is 0. The molecule has 15 heavy (non-hydrogen) atoms. The molecule has 3 rings (SSSR count). The van der Waals surface area contributed by atoms with E-state index in [1.165, 1.54) is 16.3 Å². The van der Waals surface area contributed by atoms with Crippen LogP contribution in [0.15, 0.2) is 54.7 Å². The third-order valence-corrected chi connectivity index (χ3v) is 2.64. The molecule has 74 valence electrons. The number of hydrogen-bond acceptors (Lipinski definition) is 2. The molecule has 2 nitrogen and oxygen atoms in total. The zero-order chi connectivity index (χ0) is 10.1. The number of rotatable bonds is 1. The van der Waals surface area contributed by atoms with Gasteiger partial charge < -0.3 is 0 Å². The van der Waals surface area contributed by atoms with E-state index in [-0.39, 0.29) is 6.10 Å². The second-order valence-corrected chi connectivity index (χ2v) is 3.62. The molecule has 1 heterocycles. The largest absolute Gasteiger partial charge is 0.274 e. The Kier molecular flexibility index (Phi) is 1.93.